The van der Waals surface area contributed by atoms with Gasteiger partial charge < -0.3 is 14.2 Å². The quantitative estimate of drug-likeness (QED) is 0.0343. The molecule has 0 spiro atoms. The van der Waals surface area contributed by atoms with Crippen molar-refractivity contribution in [1.29, 1.82) is 0 Å². The Morgan fingerprint density at radius 1 is 0.284 bits per heavy atom. The van der Waals surface area contributed by atoms with Crippen molar-refractivity contribution in [2.75, 3.05) is 13.2 Å². The first-order valence-electron chi connectivity index (χ1n) is 30.2. The molecule has 0 amide bonds. The molecule has 0 aromatic rings. The third-order valence-electron chi connectivity index (χ3n) is 14.0. The second kappa shape index (κ2) is 53.8. The normalized spacial score (nSPS) is 12.0. The van der Waals surface area contributed by atoms with E-state index in [-0.39, 0.29) is 31.1 Å². The number of hydrogen-bond acceptors (Lipinski definition) is 6. The molecule has 0 aromatic heterocycles. The highest BCUT2D eigenvalue weighted by molar-refractivity contribution is 5.71. The summed E-state index contributed by atoms with van der Waals surface area (Å²) < 4.78 is 16.9. The van der Waals surface area contributed by atoms with Crippen molar-refractivity contribution in [2.24, 2.45) is 11.8 Å². The molecular weight excluding hydrogens is 829 g/mol. The van der Waals surface area contributed by atoms with Gasteiger partial charge in [-0.05, 0) is 31.1 Å². The molecule has 0 fully saturated rings. The van der Waals surface area contributed by atoms with E-state index in [1.807, 2.05) is 0 Å². The molecule has 0 rings (SSSR count). The maximum Gasteiger partial charge on any atom is 0.306 e. The fourth-order valence-electron chi connectivity index (χ4n) is 9.40. The van der Waals surface area contributed by atoms with Crippen LogP contribution in [-0.4, -0.2) is 37.2 Å². The lowest BCUT2D eigenvalue weighted by atomic mass is 10.0. The minimum Gasteiger partial charge on any atom is -0.462 e. The zero-order valence-corrected chi connectivity index (χ0v) is 46.0. The molecule has 0 saturated carbocycles. The summed E-state index contributed by atoms with van der Waals surface area (Å²) in [6.45, 7) is 11.4. The van der Waals surface area contributed by atoms with Crippen molar-refractivity contribution < 1.29 is 28.6 Å². The molecule has 0 radical (unpaired) electrons. The summed E-state index contributed by atoms with van der Waals surface area (Å²) in [5, 5.41) is 0. The van der Waals surface area contributed by atoms with Gasteiger partial charge in [-0.2, -0.15) is 0 Å². The first-order valence-corrected chi connectivity index (χ1v) is 30.2. The standard InChI is InChI=1S/C61H118O6/c1-6-7-8-9-10-11-12-26-31-36-41-46-51-59(62)65-54-58(67-61(64)53-48-43-38-33-28-23-19-15-17-21-25-30-35-40-45-50-57(4)5)55-66-60(63)52-47-42-37-32-27-22-18-14-13-16-20-24-29-34-39-44-49-56(2)3/h56-58H,6-55H2,1-5H3/t58-/m0/s1. The van der Waals surface area contributed by atoms with Crippen LogP contribution in [-0.2, 0) is 28.6 Å². The van der Waals surface area contributed by atoms with E-state index < -0.39 is 6.10 Å². The summed E-state index contributed by atoms with van der Waals surface area (Å²) in [5.74, 6) is 0.865. The van der Waals surface area contributed by atoms with E-state index in [2.05, 4.69) is 34.6 Å². The van der Waals surface area contributed by atoms with Crippen molar-refractivity contribution in [3.8, 4) is 0 Å². The molecule has 0 aliphatic rings. The summed E-state index contributed by atoms with van der Waals surface area (Å²) in [4.78, 5) is 38.2. The van der Waals surface area contributed by atoms with Gasteiger partial charge in [0.1, 0.15) is 13.2 Å². The Kier molecular flexibility index (Phi) is 52.5. The Morgan fingerprint density at radius 2 is 0.493 bits per heavy atom. The minimum atomic E-state index is -0.763. The molecule has 6 nitrogen and oxygen atoms in total. The first kappa shape index (κ1) is 65.4. The molecule has 1 atom stereocenters. The fourth-order valence-corrected chi connectivity index (χ4v) is 9.40. The van der Waals surface area contributed by atoms with Gasteiger partial charge in [0.2, 0.25) is 0 Å². The van der Waals surface area contributed by atoms with Crippen molar-refractivity contribution in [3.63, 3.8) is 0 Å². The Bertz CT molecular complexity index is 1020. The summed E-state index contributed by atoms with van der Waals surface area (Å²) in [6.07, 6.45) is 58.1. The highest BCUT2D eigenvalue weighted by atomic mass is 16.6. The Hall–Kier alpha value is -1.59. The smallest absolute Gasteiger partial charge is 0.306 e. The second-order valence-corrected chi connectivity index (χ2v) is 21.9. The Balaban J connectivity index is 4.26. The van der Waals surface area contributed by atoms with Crippen molar-refractivity contribution in [3.05, 3.63) is 0 Å². The average Bonchev–Trinajstić information content (AvgIpc) is 3.30. The molecule has 6 heteroatoms. The molecule has 0 heterocycles. The number of hydrogen-bond donors (Lipinski definition) is 0. The first-order chi connectivity index (χ1) is 32.7. The molecule has 0 unspecified atom stereocenters. The van der Waals surface area contributed by atoms with Gasteiger partial charge in [0.05, 0.1) is 0 Å². The maximum atomic E-state index is 12.9. The summed E-state index contributed by atoms with van der Waals surface area (Å²) in [6, 6.07) is 0. The summed E-state index contributed by atoms with van der Waals surface area (Å²) in [7, 11) is 0. The predicted octanol–water partition coefficient (Wildman–Crippen LogP) is 20.0. The van der Waals surface area contributed by atoms with Gasteiger partial charge in [0, 0.05) is 19.3 Å². The minimum absolute atomic E-state index is 0.0622. The van der Waals surface area contributed by atoms with Crippen molar-refractivity contribution in [1.82, 2.24) is 0 Å². The SMILES string of the molecule is CCCCCCCCCCCCCCC(=O)OC[C@@H](COC(=O)CCCCCCCCCCCCCCCCCCC(C)C)OC(=O)CCCCCCCCCCCCCCCCCC(C)C. The van der Waals surface area contributed by atoms with Crippen molar-refractivity contribution >= 4 is 17.9 Å². The molecule has 0 aliphatic heterocycles. The molecule has 398 valence electrons. The number of carbonyl (C=O) groups excluding carboxylic acids is 3. The third kappa shape index (κ3) is 55.2. The maximum absolute atomic E-state index is 12.9. The van der Waals surface area contributed by atoms with Gasteiger partial charge in [0.25, 0.3) is 0 Å². The van der Waals surface area contributed by atoms with Crippen molar-refractivity contribution in [2.45, 2.75) is 349 Å². The lowest BCUT2D eigenvalue weighted by molar-refractivity contribution is -0.167. The molecule has 0 aliphatic carbocycles. The molecule has 0 aromatic carbocycles. The zero-order valence-electron chi connectivity index (χ0n) is 46.0. The fraction of sp³-hybridized carbons (Fsp3) is 0.951. The number of rotatable bonds is 55. The van der Waals surface area contributed by atoms with Crippen LogP contribution >= 0.6 is 0 Å². The van der Waals surface area contributed by atoms with E-state index in [9.17, 15) is 14.4 Å². The van der Waals surface area contributed by atoms with E-state index >= 15 is 0 Å². The Morgan fingerprint density at radius 3 is 0.731 bits per heavy atom. The van der Waals surface area contributed by atoms with Crippen LogP contribution < -0.4 is 0 Å². The van der Waals surface area contributed by atoms with Crippen LogP contribution in [0.1, 0.15) is 343 Å². The summed E-state index contributed by atoms with van der Waals surface area (Å²) >= 11 is 0. The lowest BCUT2D eigenvalue weighted by Gasteiger charge is -2.18. The van der Waals surface area contributed by atoms with Crippen LogP contribution in [0, 0.1) is 11.8 Å². The largest absolute Gasteiger partial charge is 0.462 e. The zero-order chi connectivity index (χ0) is 48.9. The monoisotopic (exact) mass is 947 g/mol. The van der Waals surface area contributed by atoms with Gasteiger partial charge in [-0.25, -0.2) is 0 Å². The topological polar surface area (TPSA) is 78.9 Å². The molecule has 0 N–H and O–H groups in total. The molecular formula is C61H118O6. The predicted molar refractivity (Wildman–Crippen MR) is 289 cm³/mol. The van der Waals surface area contributed by atoms with E-state index in [1.54, 1.807) is 0 Å². The molecule has 67 heavy (non-hydrogen) atoms. The van der Waals surface area contributed by atoms with E-state index in [0.717, 1.165) is 69.6 Å². The third-order valence-corrected chi connectivity index (χ3v) is 14.0. The van der Waals surface area contributed by atoms with Crippen LogP contribution in [0.4, 0.5) is 0 Å². The van der Waals surface area contributed by atoms with Gasteiger partial charge in [-0.15, -0.1) is 0 Å². The molecule has 0 bridgehead atoms. The second-order valence-electron chi connectivity index (χ2n) is 21.9. The van der Waals surface area contributed by atoms with Gasteiger partial charge in [-0.1, -0.05) is 304 Å². The van der Waals surface area contributed by atoms with Crippen LogP contribution in [0.5, 0.6) is 0 Å². The van der Waals surface area contributed by atoms with Gasteiger partial charge in [-0.3, -0.25) is 14.4 Å². The summed E-state index contributed by atoms with van der Waals surface area (Å²) in [5.41, 5.74) is 0. The van der Waals surface area contributed by atoms with E-state index in [1.165, 1.54) is 231 Å². The molecule has 0 saturated heterocycles. The highest BCUT2D eigenvalue weighted by Crippen LogP contribution is 2.19. The number of ether oxygens (including phenoxy) is 3. The van der Waals surface area contributed by atoms with Crippen LogP contribution in [0.25, 0.3) is 0 Å². The van der Waals surface area contributed by atoms with Crippen LogP contribution in [0.2, 0.25) is 0 Å². The lowest BCUT2D eigenvalue weighted by Crippen LogP contribution is -2.30. The number of esters is 3. The van der Waals surface area contributed by atoms with E-state index in [4.69, 9.17) is 14.2 Å². The number of unbranched alkanes of at least 4 members (excludes halogenated alkanes) is 40. The van der Waals surface area contributed by atoms with Gasteiger partial charge in [0.15, 0.2) is 6.10 Å². The van der Waals surface area contributed by atoms with Crippen LogP contribution in [0.3, 0.4) is 0 Å². The van der Waals surface area contributed by atoms with Crippen LogP contribution in [0.15, 0.2) is 0 Å². The van der Waals surface area contributed by atoms with E-state index in [0.29, 0.717) is 19.3 Å². The Labute approximate surface area is 418 Å². The van der Waals surface area contributed by atoms with Gasteiger partial charge >= 0.3 is 17.9 Å². The highest BCUT2D eigenvalue weighted by Gasteiger charge is 2.19. The average molecular weight is 948 g/mol. The number of carbonyl (C=O) groups is 3.